The van der Waals surface area contributed by atoms with Crippen LogP contribution in [0.3, 0.4) is 0 Å². The second kappa shape index (κ2) is 6.91. The first-order valence-electron chi connectivity index (χ1n) is 7.65. The Morgan fingerprint density at radius 3 is 2.50 bits per heavy atom. The van der Waals surface area contributed by atoms with Crippen LogP contribution in [-0.4, -0.2) is 22.8 Å². The molecule has 0 unspecified atom stereocenters. The summed E-state index contributed by atoms with van der Waals surface area (Å²) >= 11 is 0. The molecule has 0 bridgehead atoms. The van der Waals surface area contributed by atoms with E-state index < -0.39 is 6.04 Å². The van der Waals surface area contributed by atoms with E-state index in [1.165, 1.54) is 0 Å². The molecule has 3 rings (SSSR count). The number of rotatable bonds is 4. The number of nitrogens with one attached hydrogen (secondary N) is 2. The molecule has 24 heavy (non-hydrogen) atoms. The standard InChI is InChI=1S/C19H17N3O2/c1-13(21-19(24)15-7-3-2-4-8-15)18(23)22-16-11-5-9-14-10-6-12-20-17(14)16/h2-13H,1H3,(H,21,24)(H,22,23)/t13-/m0/s1. The maximum absolute atomic E-state index is 12.4. The predicted molar refractivity (Wildman–Crippen MR) is 93.7 cm³/mol. The van der Waals surface area contributed by atoms with Crippen LogP contribution in [0.15, 0.2) is 66.9 Å². The van der Waals surface area contributed by atoms with Crippen molar-refractivity contribution in [1.29, 1.82) is 0 Å². The number of anilines is 1. The molecule has 0 saturated carbocycles. The fourth-order valence-electron chi connectivity index (χ4n) is 2.38. The number of pyridine rings is 1. The van der Waals surface area contributed by atoms with Crippen LogP contribution in [0.25, 0.3) is 10.9 Å². The van der Waals surface area contributed by atoms with Gasteiger partial charge in [0.2, 0.25) is 5.91 Å². The highest BCUT2D eigenvalue weighted by atomic mass is 16.2. The Morgan fingerprint density at radius 1 is 0.958 bits per heavy atom. The molecule has 5 heteroatoms. The Hall–Kier alpha value is -3.21. The van der Waals surface area contributed by atoms with Gasteiger partial charge in [-0.25, -0.2) is 0 Å². The molecule has 2 aromatic carbocycles. The van der Waals surface area contributed by atoms with Gasteiger partial charge in [-0.05, 0) is 31.2 Å². The van der Waals surface area contributed by atoms with Gasteiger partial charge < -0.3 is 10.6 Å². The van der Waals surface area contributed by atoms with Gasteiger partial charge in [0.1, 0.15) is 6.04 Å². The summed E-state index contributed by atoms with van der Waals surface area (Å²) in [6, 6.07) is 17.5. The lowest BCUT2D eigenvalue weighted by Gasteiger charge is -2.15. The third-order valence-corrected chi connectivity index (χ3v) is 3.67. The highest BCUT2D eigenvalue weighted by Gasteiger charge is 2.17. The quantitative estimate of drug-likeness (QED) is 0.776. The molecule has 0 aliphatic rings. The minimum atomic E-state index is -0.670. The lowest BCUT2D eigenvalue weighted by atomic mass is 10.1. The van der Waals surface area contributed by atoms with Crippen LogP contribution in [-0.2, 0) is 4.79 Å². The van der Waals surface area contributed by atoms with Crippen LogP contribution < -0.4 is 10.6 Å². The summed E-state index contributed by atoms with van der Waals surface area (Å²) < 4.78 is 0. The highest BCUT2D eigenvalue weighted by molar-refractivity contribution is 6.04. The highest BCUT2D eigenvalue weighted by Crippen LogP contribution is 2.20. The van der Waals surface area contributed by atoms with E-state index in [1.807, 2.05) is 30.3 Å². The van der Waals surface area contributed by atoms with Gasteiger partial charge in [0.15, 0.2) is 0 Å². The van der Waals surface area contributed by atoms with Crippen molar-refractivity contribution >= 4 is 28.4 Å². The first-order chi connectivity index (χ1) is 11.6. The van der Waals surface area contributed by atoms with E-state index in [4.69, 9.17) is 0 Å². The molecule has 0 aliphatic carbocycles. The third-order valence-electron chi connectivity index (χ3n) is 3.67. The summed E-state index contributed by atoms with van der Waals surface area (Å²) in [5, 5.41) is 6.46. The number of nitrogens with zero attached hydrogens (tertiary/aromatic N) is 1. The zero-order valence-electron chi connectivity index (χ0n) is 13.2. The molecular weight excluding hydrogens is 302 g/mol. The lowest BCUT2D eigenvalue weighted by Crippen LogP contribution is -2.41. The van der Waals surface area contributed by atoms with Crippen molar-refractivity contribution in [3.05, 3.63) is 72.4 Å². The normalized spacial score (nSPS) is 11.7. The molecule has 2 N–H and O–H groups in total. The van der Waals surface area contributed by atoms with Gasteiger partial charge >= 0.3 is 0 Å². The van der Waals surface area contributed by atoms with Crippen LogP contribution in [0.1, 0.15) is 17.3 Å². The van der Waals surface area contributed by atoms with Gasteiger partial charge in [0.05, 0.1) is 11.2 Å². The van der Waals surface area contributed by atoms with Crippen LogP contribution in [0.4, 0.5) is 5.69 Å². The van der Waals surface area contributed by atoms with Gasteiger partial charge in [-0.3, -0.25) is 14.6 Å². The molecule has 1 atom stereocenters. The molecule has 2 amide bonds. The molecule has 0 fully saturated rings. The Kier molecular flexibility index (Phi) is 4.52. The lowest BCUT2D eigenvalue weighted by molar-refractivity contribution is -0.117. The average Bonchev–Trinajstić information content (AvgIpc) is 2.62. The number of aromatic nitrogens is 1. The zero-order valence-corrected chi connectivity index (χ0v) is 13.2. The molecular formula is C19H17N3O2. The van der Waals surface area contributed by atoms with E-state index in [9.17, 15) is 9.59 Å². The summed E-state index contributed by atoms with van der Waals surface area (Å²) in [6.07, 6.45) is 1.68. The number of amides is 2. The minimum Gasteiger partial charge on any atom is -0.341 e. The number of fused-ring (bicyclic) bond motifs is 1. The van der Waals surface area contributed by atoms with Crippen LogP contribution in [0.5, 0.6) is 0 Å². The van der Waals surface area contributed by atoms with E-state index >= 15 is 0 Å². The number of carbonyl (C=O) groups is 2. The molecule has 0 radical (unpaired) electrons. The number of hydrogen-bond acceptors (Lipinski definition) is 3. The molecule has 3 aromatic rings. The van der Waals surface area contributed by atoms with Crippen LogP contribution >= 0.6 is 0 Å². The fourth-order valence-corrected chi connectivity index (χ4v) is 2.38. The molecule has 0 saturated heterocycles. The number of para-hydroxylation sites is 1. The van der Waals surface area contributed by atoms with E-state index in [-0.39, 0.29) is 11.8 Å². The number of hydrogen-bond donors (Lipinski definition) is 2. The van der Waals surface area contributed by atoms with Crippen LogP contribution in [0, 0.1) is 0 Å². The largest absolute Gasteiger partial charge is 0.341 e. The second-order valence-corrected chi connectivity index (χ2v) is 5.43. The molecule has 0 aliphatic heterocycles. The van der Waals surface area contributed by atoms with Crippen molar-refractivity contribution in [2.24, 2.45) is 0 Å². The molecule has 1 aromatic heterocycles. The smallest absolute Gasteiger partial charge is 0.251 e. The van der Waals surface area contributed by atoms with Gasteiger partial charge in [-0.1, -0.05) is 36.4 Å². The summed E-state index contributed by atoms with van der Waals surface area (Å²) in [6.45, 7) is 1.65. The van der Waals surface area contributed by atoms with E-state index in [0.29, 0.717) is 11.3 Å². The third kappa shape index (κ3) is 3.41. The summed E-state index contributed by atoms with van der Waals surface area (Å²) in [5.74, 6) is -0.577. The number of carbonyl (C=O) groups excluding carboxylic acids is 2. The fraction of sp³-hybridized carbons (Fsp3) is 0.105. The molecule has 1 heterocycles. The van der Waals surface area contributed by atoms with Gasteiger partial charge in [0.25, 0.3) is 5.91 Å². The van der Waals surface area contributed by atoms with Crippen molar-refractivity contribution in [2.75, 3.05) is 5.32 Å². The first-order valence-corrected chi connectivity index (χ1v) is 7.65. The monoisotopic (exact) mass is 319 g/mol. The SMILES string of the molecule is C[C@H](NC(=O)c1ccccc1)C(=O)Nc1cccc2cccnc12. The van der Waals surface area contributed by atoms with Crippen molar-refractivity contribution in [3.8, 4) is 0 Å². The summed E-state index contributed by atoms with van der Waals surface area (Å²) in [7, 11) is 0. The van der Waals surface area contributed by atoms with Crippen molar-refractivity contribution < 1.29 is 9.59 Å². The molecule has 5 nitrogen and oxygen atoms in total. The Morgan fingerprint density at radius 2 is 1.71 bits per heavy atom. The van der Waals surface area contributed by atoms with Crippen LogP contribution in [0.2, 0.25) is 0 Å². The Balaban J connectivity index is 1.71. The maximum Gasteiger partial charge on any atom is 0.251 e. The number of benzene rings is 2. The van der Waals surface area contributed by atoms with Gasteiger partial charge in [-0.2, -0.15) is 0 Å². The second-order valence-electron chi connectivity index (χ2n) is 5.43. The molecule has 120 valence electrons. The van der Waals surface area contributed by atoms with E-state index in [0.717, 1.165) is 10.9 Å². The van der Waals surface area contributed by atoms with E-state index in [1.54, 1.807) is 43.5 Å². The van der Waals surface area contributed by atoms with Crippen molar-refractivity contribution in [2.45, 2.75) is 13.0 Å². The summed E-state index contributed by atoms with van der Waals surface area (Å²) in [5.41, 5.74) is 1.86. The Bertz CT molecular complexity index is 873. The minimum absolute atomic E-state index is 0.283. The maximum atomic E-state index is 12.4. The van der Waals surface area contributed by atoms with Gasteiger partial charge in [0, 0.05) is 17.1 Å². The predicted octanol–water partition coefficient (Wildman–Crippen LogP) is 2.99. The van der Waals surface area contributed by atoms with Gasteiger partial charge in [-0.15, -0.1) is 0 Å². The average molecular weight is 319 g/mol. The topological polar surface area (TPSA) is 71.1 Å². The molecule has 0 spiro atoms. The summed E-state index contributed by atoms with van der Waals surface area (Å²) in [4.78, 5) is 28.8. The first kappa shape index (κ1) is 15.7. The van der Waals surface area contributed by atoms with E-state index in [2.05, 4.69) is 15.6 Å². The zero-order chi connectivity index (χ0) is 16.9. The Labute approximate surface area is 139 Å². The van der Waals surface area contributed by atoms with Crippen molar-refractivity contribution in [1.82, 2.24) is 10.3 Å². The van der Waals surface area contributed by atoms with Crippen molar-refractivity contribution in [3.63, 3.8) is 0 Å².